The van der Waals surface area contributed by atoms with Crippen LogP contribution in [-0.4, -0.2) is 42.7 Å². The molecule has 1 aromatic carbocycles. The number of nitrogens with zero attached hydrogens (tertiary/aromatic N) is 2. The Morgan fingerprint density at radius 3 is 2.71 bits per heavy atom. The Balaban J connectivity index is 2.09. The molecule has 0 aliphatic rings. The van der Waals surface area contributed by atoms with Crippen molar-refractivity contribution < 1.29 is 4.74 Å². The van der Waals surface area contributed by atoms with E-state index < -0.39 is 0 Å². The Hall–Kier alpha value is -1.81. The van der Waals surface area contributed by atoms with Crippen LogP contribution in [0.3, 0.4) is 0 Å². The first-order valence-corrected chi connectivity index (χ1v) is 8.95. The van der Waals surface area contributed by atoms with E-state index in [0.29, 0.717) is 12.0 Å². The molecule has 132 valence electrons. The number of benzene rings is 1. The van der Waals surface area contributed by atoms with Gasteiger partial charge in [0.1, 0.15) is 5.75 Å². The van der Waals surface area contributed by atoms with E-state index in [2.05, 4.69) is 49.0 Å². The van der Waals surface area contributed by atoms with Crippen molar-refractivity contribution in [2.24, 2.45) is 5.92 Å². The second kappa shape index (κ2) is 8.88. The molecule has 2 aromatic rings. The molecular formula is C20H31N3O. The van der Waals surface area contributed by atoms with E-state index in [4.69, 9.17) is 4.74 Å². The highest BCUT2D eigenvalue weighted by Crippen LogP contribution is 2.27. The number of aromatic nitrogens is 1. The van der Waals surface area contributed by atoms with Crippen LogP contribution in [0, 0.1) is 5.92 Å². The lowest BCUT2D eigenvalue weighted by Crippen LogP contribution is -2.38. The van der Waals surface area contributed by atoms with Gasteiger partial charge in [0.05, 0.1) is 18.3 Å². The van der Waals surface area contributed by atoms with E-state index in [1.165, 1.54) is 6.42 Å². The van der Waals surface area contributed by atoms with Crippen molar-refractivity contribution in [2.45, 2.75) is 40.2 Å². The zero-order valence-electron chi connectivity index (χ0n) is 15.7. The number of nitrogens with one attached hydrogen (secondary N) is 1. The van der Waals surface area contributed by atoms with Crippen molar-refractivity contribution in [1.82, 2.24) is 9.88 Å². The maximum atomic E-state index is 5.42. The minimum atomic E-state index is 0.606. The fourth-order valence-electron chi connectivity index (χ4n) is 2.97. The predicted octanol–water partition coefficient (Wildman–Crippen LogP) is 4.41. The van der Waals surface area contributed by atoms with Crippen LogP contribution in [0.5, 0.6) is 5.75 Å². The zero-order chi connectivity index (χ0) is 17.5. The fourth-order valence-corrected chi connectivity index (χ4v) is 2.97. The van der Waals surface area contributed by atoms with Gasteiger partial charge in [-0.05, 0) is 31.4 Å². The van der Waals surface area contributed by atoms with Gasteiger partial charge in [-0.2, -0.15) is 0 Å². The third-order valence-corrected chi connectivity index (χ3v) is 4.44. The summed E-state index contributed by atoms with van der Waals surface area (Å²) in [4.78, 5) is 7.09. The molecule has 0 bridgehead atoms. The number of rotatable bonds is 9. The quantitative estimate of drug-likeness (QED) is 0.739. The number of pyridine rings is 1. The maximum Gasteiger partial charge on any atom is 0.121 e. The van der Waals surface area contributed by atoms with E-state index in [-0.39, 0.29) is 0 Å². The molecule has 1 atom stereocenters. The summed E-state index contributed by atoms with van der Waals surface area (Å²) in [6.07, 6.45) is 3.01. The molecule has 1 aromatic heterocycles. The van der Waals surface area contributed by atoms with Gasteiger partial charge in [-0.1, -0.05) is 26.8 Å². The van der Waals surface area contributed by atoms with Crippen molar-refractivity contribution in [3.05, 3.63) is 30.5 Å². The SMILES string of the molecule is CC[C@H](C)N(CCNc1cc(OC)cc2cccnc12)CC(C)C. The topological polar surface area (TPSA) is 37.4 Å². The monoisotopic (exact) mass is 329 g/mol. The predicted molar refractivity (Wildman–Crippen MR) is 103 cm³/mol. The molecule has 0 saturated heterocycles. The highest BCUT2D eigenvalue weighted by atomic mass is 16.5. The number of hydrogen-bond donors (Lipinski definition) is 1. The summed E-state index contributed by atoms with van der Waals surface area (Å²) in [5.74, 6) is 1.54. The molecule has 0 unspecified atom stereocenters. The molecule has 24 heavy (non-hydrogen) atoms. The van der Waals surface area contributed by atoms with E-state index in [9.17, 15) is 0 Å². The molecule has 0 radical (unpaired) electrons. The molecule has 0 amide bonds. The third-order valence-electron chi connectivity index (χ3n) is 4.44. The standard InChI is InChI=1S/C20H31N3O/c1-6-16(4)23(14-15(2)3)11-10-21-19-13-18(24-5)12-17-8-7-9-22-20(17)19/h7-9,12-13,15-16,21H,6,10-11,14H2,1-5H3/t16-/m0/s1. The van der Waals surface area contributed by atoms with Gasteiger partial charge in [0.25, 0.3) is 0 Å². The summed E-state index contributed by atoms with van der Waals surface area (Å²) >= 11 is 0. The average Bonchev–Trinajstić information content (AvgIpc) is 2.59. The number of methoxy groups -OCH3 is 1. The van der Waals surface area contributed by atoms with Crippen LogP contribution in [0.2, 0.25) is 0 Å². The Morgan fingerprint density at radius 2 is 2.04 bits per heavy atom. The van der Waals surface area contributed by atoms with Gasteiger partial charge in [-0.15, -0.1) is 0 Å². The van der Waals surface area contributed by atoms with Crippen LogP contribution in [0.4, 0.5) is 5.69 Å². The van der Waals surface area contributed by atoms with Gasteiger partial charge in [0.15, 0.2) is 0 Å². The van der Waals surface area contributed by atoms with Crippen molar-refractivity contribution >= 4 is 16.6 Å². The number of fused-ring (bicyclic) bond motifs is 1. The number of ether oxygens (including phenoxy) is 1. The van der Waals surface area contributed by atoms with Crippen LogP contribution in [0.15, 0.2) is 30.5 Å². The second-order valence-corrected chi connectivity index (χ2v) is 6.82. The summed E-state index contributed by atoms with van der Waals surface area (Å²) < 4.78 is 5.42. The van der Waals surface area contributed by atoms with E-state index in [0.717, 1.165) is 42.0 Å². The van der Waals surface area contributed by atoms with Crippen LogP contribution in [-0.2, 0) is 0 Å². The normalized spacial score (nSPS) is 12.8. The summed E-state index contributed by atoms with van der Waals surface area (Å²) in [7, 11) is 1.70. The Bertz CT molecular complexity index is 642. The average molecular weight is 329 g/mol. The van der Waals surface area contributed by atoms with Crippen molar-refractivity contribution in [2.75, 3.05) is 32.1 Å². The lowest BCUT2D eigenvalue weighted by atomic mass is 10.1. The Labute approximate surface area is 146 Å². The highest BCUT2D eigenvalue weighted by molar-refractivity contribution is 5.91. The Morgan fingerprint density at radius 1 is 1.25 bits per heavy atom. The molecule has 2 rings (SSSR count). The van der Waals surface area contributed by atoms with Crippen molar-refractivity contribution in [3.63, 3.8) is 0 Å². The summed E-state index contributed by atoms with van der Waals surface area (Å²) in [6.45, 7) is 12.2. The number of hydrogen-bond acceptors (Lipinski definition) is 4. The smallest absolute Gasteiger partial charge is 0.121 e. The van der Waals surface area contributed by atoms with Gasteiger partial charge < -0.3 is 10.1 Å². The first kappa shape index (κ1) is 18.5. The molecule has 1 N–H and O–H groups in total. The zero-order valence-corrected chi connectivity index (χ0v) is 15.7. The van der Waals surface area contributed by atoms with Gasteiger partial charge in [0.2, 0.25) is 0 Å². The van der Waals surface area contributed by atoms with E-state index in [1.807, 2.05) is 24.4 Å². The van der Waals surface area contributed by atoms with Crippen LogP contribution >= 0.6 is 0 Å². The Kier molecular flexibility index (Phi) is 6.85. The number of anilines is 1. The van der Waals surface area contributed by atoms with Gasteiger partial charge >= 0.3 is 0 Å². The van der Waals surface area contributed by atoms with Crippen LogP contribution in [0.25, 0.3) is 10.9 Å². The second-order valence-electron chi connectivity index (χ2n) is 6.82. The van der Waals surface area contributed by atoms with Crippen LogP contribution in [0.1, 0.15) is 34.1 Å². The van der Waals surface area contributed by atoms with Gasteiger partial charge in [-0.25, -0.2) is 0 Å². The van der Waals surface area contributed by atoms with E-state index >= 15 is 0 Å². The minimum absolute atomic E-state index is 0.606. The fraction of sp³-hybridized carbons (Fsp3) is 0.550. The molecule has 0 aliphatic carbocycles. The molecule has 4 heteroatoms. The van der Waals surface area contributed by atoms with Crippen molar-refractivity contribution in [3.8, 4) is 5.75 Å². The lowest BCUT2D eigenvalue weighted by Gasteiger charge is -2.30. The van der Waals surface area contributed by atoms with Crippen molar-refractivity contribution in [1.29, 1.82) is 0 Å². The van der Waals surface area contributed by atoms with Gasteiger partial charge in [0, 0.05) is 43.3 Å². The largest absolute Gasteiger partial charge is 0.497 e. The van der Waals surface area contributed by atoms with Gasteiger partial charge in [-0.3, -0.25) is 9.88 Å². The molecule has 0 spiro atoms. The first-order chi connectivity index (χ1) is 11.5. The molecule has 0 saturated carbocycles. The van der Waals surface area contributed by atoms with E-state index in [1.54, 1.807) is 7.11 Å². The maximum absolute atomic E-state index is 5.42. The summed E-state index contributed by atoms with van der Waals surface area (Å²) in [5.41, 5.74) is 2.04. The summed E-state index contributed by atoms with van der Waals surface area (Å²) in [5, 5.41) is 4.66. The minimum Gasteiger partial charge on any atom is -0.497 e. The molecular weight excluding hydrogens is 298 g/mol. The summed E-state index contributed by atoms with van der Waals surface area (Å²) in [6, 6.07) is 8.69. The highest BCUT2D eigenvalue weighted by Gasteiger charge is 2.13. The third kappa shape index (κ3) is 4.84. The molecule has 0 aliphatic heterocycles. The molecule has 4 nitrogen and oxygen atoms in total. The van der Waals surface area contributed by atoms with Crippen LogP contribution < -0.4 is 10.1 Å². The first-order valence-electron chi connectivity index (χ1n) is 8.95. The molecule has 0 fully saturated rings. The lowest BCUT2D eigenvalue weighted by molar-refractivity contribution is 0.189. The molecule has 1 heterocycles.